The summed E-state index contributed by atoms with van der Waals surface area (Å²) in [6.07, 6.45) is 0. The summed E-state index contributed by atoms with van der Waals surface area (Å²) in [5, 5.41) is 13.0. The molecule has 0 heterocycles. The van der Waals surface area contributed by atoms with E-state index in [4.69, 9.17) is 0 Å². The van der Waals surface area contributed by atoms with Gasteiger partial charge in [0.2, 0.25) is 0 Å². The number of carbonyl (C=O) groups excluding carboxylic acids is 1. The van der Waals surface area contributed by atoms with Crippen LogP contribution in [-0.2, 0) is 0 Å². The minimum Gasteiger partial charge on any atom is -0.506 e. The molecule has 0 spiro atoms. The highest BCUT2D eigenvalue weighted by Crippen LogP contribution is 2.27. The molecule has 0 aliphatic carbocycles. The number of aromatic hydroxyl groups is 1. The normalized spacial score (nSPS) is 11.4. The summed E-state index contributed by atoms with van der Waals surface area (Å²) in [5.74, 6) is 1.32. The molecule has 0 saturated carbocycles. The highest BCUT2D eigenvalue weighted by Gasteiger charge is 2.20. The van der Waals surface area contributed by atoms with Crippen molar-refractivity contribution in [2.45, 2.75) is 27.7 Å². The SMILES string of the molecule is CC(C)C(CNC(=O)c1cc(I)cc(I)c1O)C(C)C. The Hall–Kier alpha value is -0.0500. The van der Waals surface area contributed by atoms with Gasteiger partial charge in [-0.05, 0) is 75.1 Å². The number of carbonyl (C=O) groups is 1. The highest BCUT2D eigenvalue weighted by atomic mass is 127. The van der Waals surface area contributed by atoms with Crippen LogP contribution in [0.1, 0.15) is 38.1 Å². The maximum absolute atomic E-state index is 12.2. The second-order valence-corrected chi connectivity index (χ2v) is 8.05. The molecule has 2 N–H and O–H groups in total. The number of amides is 1. The number of hydrogen-bond donors (Lipinski definition) is 2. The number of nitrogens with one attached hydrogen (secondary N) is 1. The lowest BCUT2D eigenvalue weighted by Crippen LogP contribution is -2.34. The van der Waals surface area contributed by atoms with Crippen LogP contribution in [0.5, 0.6) is 5.75 Å². The average molecular weight is 501 g/mol. The smallest absolute Gasteiger partial charge is 0.255 e. The van der Waals surface area contributed by atoms with E-state index in [1.165, 1.54) is 0 Å². The molecule has 0 bridgehead atoms. The van der Waals surface area contributed by atoms with Gasteiger partial charge in [-0.2, -0.15) is 0 Å². The lowest BCUT2D eigenvalue weighted by atomic mass is 9.85. The predicted molar refractivity (Wildman–Crippen MR) is 99.0 cm³/mol. The van der Waals surface area contributed by atoms with Gasteiger partial charge in [-0.1, -0.05) is 27.7 Å². The van der Waals surface area contributed by atoms with E-state index in [2.05, 4.69) is 55.6 Å². The van der Waals surface area contributed by atoms with Crippen molar-refractivity contribution in [3.05, 3.63) is 24.8 Å². The molecule has 3 nitrogen and oxygen atoms in total. The monoisotopic (exact) mass is 501 g/mol. The largest absolute Gasteiger partial charge is 0.506 e. The number of phenols is 1. The zero-order chi connectivity index (χ0) is 15.4. The van der Waals surface area contributed by atoms with E-state index in [-0.39, 0.29) is 11.7 Å². The van der Waals surface area contributed by atoms with Crippen molar-refractivity contribution in [3.63, 3.8) is 0 Å². The van der Waals surface area contributed by atoms with Crippen LogP contribution in [-0.4, -0.2) is 17.6 Å². The summed E-state index contributed by atoms with van der Waals surface area (Å²) in [5.41, 5.74) is 0.354. The van der Waals surface area contributed by atoms with E-state index in [9.17, 15) is 9.90 Å². The van der Waals surface area contributed by atoms with Crippen LogP contribution in [0, 0.1) is 24.9 Å². The Labute approximate surface area is 148 Å². The van der Waals surface area contributed by atoms with Crippen molar-refractivity contribution in [2.24, 2.45) is 17.8 Å². The third kappa shape index (κ3) is 4.75. The maximum Gasteiger partial charge on any atom is 0.255 e. The van der Waals surface area contributed by atoms with Crippen molar-refractivity contribution >= 4 is 51.1 Å². The van der Waals surface area contributed by atoms with Crippen LogP contribution in [0.25, 0.3) is 0 Å². The third-order valence-corrected chi connectivity index (χ3v) is 4.93. The van der Waals surface area contributed by atoms with Crippen molar-refractivity contribution in [1.29, 1.82) is 0 Å². The van der Waals surface area contributed by atoms with Gasteiger partial charge in [-0.3, -0.25) is 4.79 Å². The Morgan fingerprint density at radius 3 is 2.25 bits per heavy atom. The van der Waals surface area contributed by atoms with Gasteiger partial charge in [0.05, 0.1) is 9.13 Å². The summed E-state index contributed by atoms with van der Waals surface area (Å²) in [4.78, 5) is 12.2. The predicted octanol–water partition coefficient (Wildman–Crippen LogP) is 4.26. The molecular weight excluding hydrogens is 480 g/mol. The fourth-order valence-electron chi connectivity index (χ4n) is 2.29. The average Bonchev–Trinajstić information content (AvgIpc) is 2.32. The number of hydrogen-bond acceptors (Lipinski definition) is 2. The molecule has 1 aromatic rings. The molecule has 1 amide bonds. The zero-order valence-electron chi connectivity index (χ0n) is 12.2. The Morgan fingerprint density at radius 1 is 1.20 bits per heavy atom. The lowest BCUT2D eigenvalue weighted by molar-refractivity contribution is 0.0934. The van der Waals surface area contributed by atoms with E-state index < -0.39 is 0 Å². The number of benzene rings is 1. The molecule has 0 fully saturated rings. The first-order valence-corrected chi connectivity index (χ1v) is 8.86. The molecule has 0 saturated heterocycles. The molecule has 112 valence electrons. The summed E-state index contributed by atoms with van der Waals surface area (Å²) in [7, 11) is 0. The summed E-state index contributed by atoms with van der Waals surface area (Å²) < 4.78 is 1.64. The summed E-state index contributed by atoms with van der Waals surface area (Å²) >= 11 is 4.19. The van der Waals surface area contributed by atoms with Crippen molar-refractivity contribution < 1.29 is 9.90 Å². The van der Waals surface area contributed by atoms with Crippen molar-refractivity contribution in [2.75, 3.05) is 6.54 Å². The molecule has 0 aliphatic rings. The van der Waals surface area contributed by atoms with Crippen molar-refractivity contribution in [1.82, 2.24) is 5.32 Å². The fourth-order valence-corrected chi connectivity index (χ4v) is 4.13. The number of phenolic OH excluding ortho intramolecular Hbond substituents is 1. The van der Waals surface area contributed by atoms with Gasteiger partial charge in [0.25, 0.3) is 5.91 Å². The third-order valence-electron chi connectivity index (χ3n) is 3.48. The van der Waals surface area contributed by atoms with E-state index in [0.717, 1.165) is 3.57 Å². The van der Waals surface area contributed by atoms with Gasteiger partial charge in [0, 0.05) is 10.1 Å². The summed E-state index contributed by atoms with van der Waals surface area (Å²) in [6.45, 7) is 9.31. The lowest BCUT2D eigenvalue weighted by Gasteiger charge is -2.25. The van der Waals surface area contributed by atoms with Gasteiger partial charge >= 0.3 is 0 Å². The van der Waals surface area contributed by atoms with Crippen LogP contribution in [0.2, 0.25) is 0 Å². The Morgan fingerprint density at radius 2 is 1.75 bits per heavy atom. The standard InChI is InChI=1S/C15H21I2NO2/c1-8(2)12(9(3)4)7-18-15(20)11-5-10(16)6-13(17)14(11)19/h5-6,8-9,12,19H,7H2,1-4H3,(H,18,20). The fraction of sp³-hybridized carbons (Fsp3) is 0.533. The van der Waals surface area contributed by atoms with Gasteiger partial charge in [-0.15, -0.1) is 0 Å². The van der Waals surface area contributed by atoms with E-state index >= 15 is 0 Å². The van der Waals surface area contributed by atoms with Gasteiger partial charge < -0.3 is 10.4 Å². The molecule has 1 rings (SSSR count). The minimum atomic E-state index is -0.203. The van der Waals surface area contributed by atoms with Crippen LogP contribution in [0.15, 0.2) is 12.1 Å². The second kappa shape index (κ2) is 7.82. The minimum absolute atomic E-state index is 0.0640. The molecular formula is C15H21I2NO2. The molecule has 20 heavy (non-hydrogen) atoms. The highest BCUT2D eigenvalue weighted by molar-refractivity contribution is 14.1. The first-order valence-electron chi connectivity index (χ1n) is 6.70. The second-order valence-electron chi connectivity index (χ2n) is 5.65. The topological polar surface area (TPSA) is 49.3 Å². The van der Waals surface area contributed by atoms with Crippen molar-refractivity contribution in [3.8, 4) is 5.75 Å². The van der Waals surface area contributed by atoms with Crippen LogP contribution < -0.4 is 5.32 Å². The molecule has 0 aromatic heterocycles. The molecule has 5 heteroatoms. The maximum atomic E-state index is 12.2. The Kier molecular flexibility index (Phi) is 7.03. The first kappa shape index (κ1) is 18.0. The van der Waals surface area contributed by atoms with Gasteiger partial charge in [0.1, 0.15) is 5.75 Å². The van der Waals surface area contributed by atoms with Gasteiger partial charge in [-0.25, -0.2) is 0 Å². The van der Waals surface area contributed by atoms with E-state index in [1.807, 2.05) is 28.7 Å². The van der Waals surface area contributed by atoms with Crippen LogP contribution in [0.4, 0.5) is 0 Å². The molecule has 0 radical (unpaired) electrons. The van der Waals surface area contributed by atoms with E-state index in [0.29, 0.717) is 33.4 Å². The molecule has 0 atom stereocenters. The number of halogens is 2. The van der Waals surface area contributed by atoms with E-state index in [1.54, 1.807) is 6.07 Å². The summed E-state index contributed by atoms with van der Waals surface area (Å²) in [6, 6.07) is 3.56. The zero-order valence-corrected chi connectivity index (χ0v) is 16.5. The van der Waals surface area contributed by atoms with Crippen LogP contribution in [0.3, 0.4) is 0 Å². The quantitative estimate of drug-likeness (QED) is 0.593. The Bertz CT molecular complexity index is 479. The molecule has 0 aliphatic heterocycles. The van der Waals surface area contributed by atoms with Crippen LogP contribution >= 0.6 is 45.2 Å². The Balaban J connectivity index is 2.82. The molecule has 1 aromatic carbocycles. The number of rotatable bonds is 5. The molecule has 0 unspecified atom stereocenters. The van der Waals surface area contributed by atoms with Gasteiger partial charge in [0.15, 0.2) is 0 Å². The first-order chi connectivity index (χ1) is 9.23.